The third-order valence-corrected chi connectivity index (χ3v) is 13.5. The SMILES string of the molecule is CC(C)=CC(=O)O[C@H]1C[C@]2(C)C(=CC[C@@H]3[C@@]4(C)CCC(=O)C(C)(C)[C@@H]4CC[C@]32C)[C@@H]2CC(C)(C)CC[C@]12C(=O)O. The van der Waals surface area contributed by atoms with Crippen molar-refractivity contribution < 1.29 is 24.2 Å². The lowest BCUT2D eigenvalue weighted by molar-refractivity contribution is -0.213. The predicted octanol–water partition coefficient (Wildman–Crippen LogP) is 7.93. The minimum atomic E-state index is -1.10. The second-order valence-electron chi connectivity index (χ2n) is 16.6. The lowest BCUT2D eigenvalue weighted by Gasteiger charge is -2.71. The molecule has 5 heteroatoms. The van der Waals surface area contributed by atoms with Gasteiger partial charge in [0, 0.05) is 23.8 Å². The standard InChI is InChI=1S/C35H52O5/c1-21(2)18-28(37)40-27-20-34(9)22(23-19-30(3,4)16-17-35(23,27)29(38)39)10-11-25-32(7)14-13-26(36)31(5,6)24(32)12-15-33(25,34)8/h10,18,23-25,27H,11-17,19-20H2,1-9H3,(H,38,39)/t23-,24-,25+,27-,32-,33+,34+,35+/m0/s1. The zero-order valence-electron chi connectivity index (χ0n) is 26.4. The van der Waals surface area contributed by atoms with Gasteiger partial charge in [-0.05, 0) is 98.7 Å². The highest BCUT2D eigenvalue weighted by Crippen LogP contribution is 2.75. The molecule has 0 spiro atoms. The Hall–Kier alpha value is -1.91. The van der Waals surface area contributed by atoms with E-state index in [1.54, 1.807) is 0 Å². The van der Waals surface area contributed by atoms with Crippen molar-refractivity contribution in [1.29, 1.82) is 0 Å². The van der Waals surface area contributed by atoms with E-state index in [-0.39, 0.29) is 33.0 Å². The summed E-state index contributed by atoms with van der Waals surface area (Å²) < 4.78 is 6.25. The van der Waals surface area contributed by atoms with Gasteiger partial charge in [0.15, 0.2) is 0 Å². The van der Waals surface area contributed by atoms with E-state index in [1.807, 2.05) is 13.8 Å². The summed E-state index contributed by atoms with van der Waals surface area (Å²) in [5, 5.41) is 10.9. The number of ether oxygens (including phenoxy) is 1. The zero-order valence-corrected chi connectivity index (χ0v) is 26.4. The summed E-state index contributed by atoms with van der Waals surface area (Å²) in [6.45, 7) is 19.8. The summed E-state index contributed by atoms with van der Waals surface area (Å²) >= 11 is 0. The molecular formula is C35H52O5. The number of carboxylic acid groups (broad SMARTS) is 1. The van der Waals surface area contributed by atoms with Crippen LogP contribution in [0.15, 0.2) is 23.3 Å². The van der Waals surface area contributed by atoms with Crippen LogP contribution >= 0.6 is 0 Å². The van der Waals surface area contributed by atoms with Gasteiger partial charge < -0.3 is 9.84 Å². The largest absolute Gasteiger partial charge is 0.481 e. The molecule has 0 aromatic heterocycles. The van der Waals surface area contributed by atoms with Crippen molar-refractivity contribution in [3.8, 4) is 0 Å². The molecule has 5 aliphatic carbocycles. The quantitative estimate of drug-likeness (QED) is 0.218. The summed E-state index contributed by atoms with van der Waals surface area (Å²) in [4.78, 5) is 39.5. The first-order valence-corrected chi connectivity index (χ1v) is 15.7. The molecule has 4 saturated carbocycles. The molecule has 40 heavy (non-hydrogen) atoms. The maximum atomic E-state index is 13.4. The molecule has 0 amide bonds. The predicted molar refractivity (Wildman–Crippen MR) is 156 cm³/mol. The molecule has 4 fully saturated rings. The molecule has 5 aliphatic rings. The first-order chi connectivity index (χ1) is 18.3. The van der Waals surface area contributed by atoms with Crippen molar-refractivity contribution in [2.24, 2.45) is 50.2 Å². The average molecular weight is 553 g/mol. The first-order valence-electron chi connectivity index (χ1n) is 15.7. The highest BCUT2D eigenvalue weighted by Gasteiger charge is 2.72. The van der Waals surface area contributed by atoms with E-state index in [0.717, 1.165) is 44.1 Å². The summed E-state index contributed by atoms with van der Waals surface area (Å²) in [7, 11) is 0. The van der Waals surface area contributed by atoms with E-state index in [2.05, 4.69) is 54.5 Å². The van der Waals surface area contributed by atoms with Gasteiger partial charge in [-0.2, -0.15) is 0 Å². The van der Waals surface area contributed by atoms with Crippen LogP contribution in [0.5, 0.6) is 0 Å². The Morgan fingerprint density at radius 3 is 2.25 bits per heavy atom. The van der Waals surface area contributed by atoms with E-state index >= 15 is 0 Å². The Labute approximate surface area is 241 Å². The Morgan fingerprint density at radius 1 is 0.950 bits per heavy atom. The fourth-order valence-electron chi connectivity index (χ4n) is 11.1. The van der Waals surface area contributed by atoms with Crippen LogP contribution in [0, 0.1) is 50.2 Å². The highest BCUT2D eigenvalue weighted by molar-refractivity contribution is 5.86. The van der Waals surface area contributed by atoms with Crippen LogP contribution in [0.4, 0.5) is 0 Å². The monoisotopic (exact) mass is 552 g/mol. The number of rotatable bonds is 3. The highest BCUT2D eigenvalue weighted by atomic mass is 16.5. The van der Waals surface area contributed by atoms with Gasteiger partial charge in [0.2, 0.25) is 0 Å². The Bertz CT molecular complexity index is 1190. The lowest BCUT2D eigenvalue weighted by atomic mass is 9.33. The molecule has 0 aromatic rings. The number of fused-ring (bicyclic) bond motifs is 7. The van der Waals surface area contributed by atoms with Crippen molar-refractivity contribution in [2.75, 3.05) is 0 Å². The number of esters is 1. The molecule has 222 valence electrons. The van der Waals surface area contributed by atoms with Crippen LogP contribution in [0.3, 0.4) is 0 Å². The van der Waals surface area contributed by atoms with E-state index in [1.165, 1.54) is 11.6 Å². The third-order valence-electron chi connectivity index (χ3n) is 13.5. The maximum Gasteiger partial charge on any atom is 0.330 e. The number of Topliss-reactive ketones (excluding diaryl/α,β-unsaturated/α-hetero) is 1. The first kappa shape index (κ1) is 29.6. The minimum Gasteiger partial charge on any atom is -0.481 e. The van der Waals surface area contributed by atoms with Crippen LogP contribution < -0.4 is 0 Å². The maximum absolute atomic E-state index is 13.4. The van der Waals surface area contributed by atoms with Gasteiger partial charge in [0.25, 0.3) is 0 Å². The topological polar surface area (TPSA) is 80.7 Å². The summed E-state index contributed by atoms with van der Waals surface area (Å²) in [5.74, 6) is -0.268. The number of ketones is 1. The normalized spacial score (nSPS) is 45.0. The van der Waals surface area contributed by atoms with Gasteiger partial charge >= 0.3 is 11.9 Å². The average Bonchev–Trinajstić information content (AvgIpc) is 2.81. The van der Waals surface area contributed by atoms with Crippen molar-refractivity contribution in [1.82, 2.24) is 0 Å². The van der Waals surface area contributed by atoms with E-state index in [0.29, 0.717) is 36.9 Å². The lowest BCUT2D eigenvalue weighted by Crippen LogP contribution is -2.67. The fraction of sp³-hybridized carbons (Fsp3) is 0.800. The van der Waals surface area contributed by atoms with E-state index < -0.39 is 23.5 Å². The number of carboxylic acids is 1. The molecule has 8 atom stereocenters. The number of hydrogen-bond donors (Lipinski definition) is 1. The van der Waals surface area contributed by atoms with Crippen molar-refractivity contribution in [2.45, 2.75) is 126 Å². The molecule has 0 saturated heterocycles. The second-order valence-corrected chi connectivity index (χ2v) is 16.6. The number of hydrogen-bond acceptors (Lipinski definition) is 4. The van der Waals surface area contributed by atoms with Crippen LogP contribution in [0.25, 0.3) is 0 Å². The van der Waals surface area contributed by atoms with E-state index in [4.69, 9.17) is 4.74 Å². The molecule has 0 aliphatic heterocycles. The zero-order chi connectivity index (χ0) is 29.7. The van der Waals surface area contributed by atoms with Crippen LogP contribution in [0.1, 0.15) is 120 Å². The van der Waals surface area contributed by atoms with Crippen molar-refractivity contribution in [3.63, 3.8) is 0 Å². The summed E-state index contributed by atoms with van der Waals surface area (Å²) in [6.07, 6.45) is 10.4. The Kier molecular flexibility index (Phi) is 6.69. The second kappa shape index (κ2) is 9.04. The molecule has 0 bridgehead atoms. The van der Waals surface area contributed by atoms with Gasteiger partial charge in [-0.1, -0.05) is 65.7 Å². The number of aliphatic carboxylic acids is 1. The number of allylic oxidation sites excluding steroid dienone is 3. The molecule has 0 aromatic carbocycles. The summed E-state index contributed by atoms with van der Waals surface area (Å²) in [5.41, 5.74) is 0.431. The van der Waals surface area contributed by atoms with Gasteiger partial charge in [-0.25, -0.2) is 4.79 Å². The minimum absolute atomic E-state index is 0.0202. The van der Waals surface area contributed by atoms with Gasteiger partial charge in [0.1, 0.15) is 17.3 Å². The van der Waals surface area contributed by atoms with Crippen LogP contribution in [0.2, 0.25) is 0 Å². The van der Waals surface area contributed by atoms with E-state index in [9.17, 15) is 19.5 Å². The molecule has 1 N–H and O–H groups in total. The van der Waals surface area contributed by atoms with Crippen molar-refractivity contribution in [3.05, 3.63) is 23.3 Å². The number of carbonyl (C=O) groups excluding carboxylic acids is 2. The van der Waals surface area contributed by atoms with Crippen molar-refractivity contribution >= 4 is 17.7 Å². The van der Waals surface area contributed by atoms with Gasteiger partial charge in [0.05, 0.1) is 0 Å². The third kappa shape index (κ3) is 3.87. The summed E-state index contributed by atoms with van der Waals surface area (Å²) in [6, 6.07) is 0. The molecular weight excluding hydrogens is 500 g/mol. The van der Waals surface area contributed by atoms with Gasteiger partial charge in [-0.15, -0.1) is 0 Å². The molecule has 0 unspecified atom stereocenters. The van der Waals surface area contributed by atoms with Crippen LogP contribution in [-0.4, -0.2) is 28.9 Å². The van der Waals surface area contributed by atoms with Gasteiger partial charge in [-0.3, -0.25) is 9.59 Å². The fourth-order valence-corrected chi connectivity index (χ4v) is 11.1. The Balaban J connectivity index is 1.66. The molecule has 0 heterocycles. The molecule has 5 nitrogen and oxygen atoms in total. The molecule has 0 radical (unpaired) electrons. The smallest absolute Gasteiger partial charge is 0.330 e. The Morgan fingerprint density at radius 2 is 1.62 bits per heavy atom. The number of carbonyl (C=O) groups is 3. The molecule has 5 rings (SSSR count). The van der Waals surface area contributed by atoms with Crippen LogP contribution in [-0.2, 0) is 19.1 Å².